The van der Waals surface area contributed by atoms with E-state index < -0.39 is 0 Å². The fourth-order valence-electron chi connectivity index (χ4n) is 2.17. The Hall–Kier alpha value is -1.16. The Kier molecular flexibility index (Phi) is 3.62. The minimum atomic E-state index is -0.214. The lowest BCUT2D eigenvalue weighted by molar-refractivity contribution is 0.209. The minimum absolute atomic E-state index is 0.214. The van der Waals surface area contributed by atoms with Gasteiger partial charge >= 0.3 is 0 Å². The summed E-state index contributed by atoms with van der Waals surface area (Å²) in [5, 5.41) is 0. The quantitative estimate of drug-likeness (QED) is 0.785. The summed E-state index contributed by atoms with van der Waals surface area (Å²) in [5.74, 6) is -0.214. The smallest absolute Gasteiger partial charge is 0.146 e. The first-order valence-electron chi connectivity index (χ1n) is 6.19. The third-order valence-electron chi connectivity index (χ3n) is 3.42. The summed E-state index contributed by atoms with van der Waals surface area (Å²) in [5.41, 5.74) is 1.37. The zero-order chi connectivity index (χ0) is 12.4. The molecule has 0 N–H and O–H groups in total. The highest BCUT2D eigenvalue weighted by molar-refractivity contribution is 5.45. The van der Waals surface area contributed by atoms with E-state index in [1.807, 2.05) is 0 Å². The average Bonchev–Trinajstić information content (AvgIpc) is 2.33. The van der Waals surface area contributed by atoms with Gasteiger partial charge in [-0.3, -0.25) is 9.88 Å². The van der Waals surface area contributed by atoms with Gasteiger partial charge in [-0.25, -0.2) is 4.39 Å². The Balaban J connectivity index is 2.03. The molecule has 0 spiro atoms. The van der Waals surface area contributed by atoms with E-state index >= 15 is 0 Å². The predicted molar refractivity (Wildman–Crippen MR) is 67.9 cm³/mol. The van der Waals surface area contributed by atoms with Gasteiger partial charge in [0.1, 0.15) is 5.82 Å². The average molecular weight is 237 g/mol. The maximum atomic E-state index is 13.4. The Morgan fingerprint density at radius 3 is 2.41 bits per heavy atom. The lowest BCUT2D eigenvalue weighted by Gasteiger charge is -2.38. The van der Waals surface area contributed by atoms with Crippen LogP contribution in [0.25, 0.3) is 0 Å². The van der Waals surface area contributed by atoms with Gasteiger partial charge in [0, 0.05) is 38.3 Å². The molecule has 94 valence electrons. The molecule has 1 aromatic rings. The Morgan fingerprint density at radius 1 is 1.24 bits per heavy atom. The zero-order valence-electron chi connectivity index (χ0n) is 10.8. The molecule has 17 heavy (non-hydrogen) atoms. The van der Waals surface area contributed by atoms with Crippen LogP contribution in [-0.2, 0) is 0 Å². The number of hydrogen-bond donors (Lipinski definition) is 0. The van der Waals surface area contributed by atoms with Gasteiger partial charge in [-0.05, 0) is 20.8 Å². The third-order valence-corrected chi connectivity index (χ3v) is 3.42. The molecule has 0 aliphatic carbocycles. The number of aryl methyl sites for hydroxylation is 1. The van der Waals surface area contributed by atoms with Gasteiger partial charge < -0.3 is 4.90 Å². The van der Waals surface area contributed by atoms with Gasteiger partial charge in [-0.2, -0.15) is 0 Å². The van der Waals surface area contributed by atoms with Crippen LogP contribution in [0, 0.1) is 12.7 Å². The highest BCUT2D eigenvalue weighted by Crippen LogP contribution is 2.18. The van der Waals surface area contributed by atoms with Crippen molar-refractivity contribution in [2.24, 2.45) is 0 Å². The summed E-state index contributed by atoms with van der Waals surface area (Å²) in [7, 11) is 0. The molecule has 0 atom stereocenters. The van der Waals surface area contributed by atoms with E-state index in [0.29, 0.717) is 11.7 Å². The molecular formula is C13H20FN3. The molecule has 0 bridgehead atoms. The number of pyridine rings is 1. The van der Waals surface area contributed by atoms with Gasteiger partial charge in [-0.1, -0.05) is 0 Å². The monoisotopic (exact) mass is 237 g/mol. The van der Waals surface area contributed by atoms with Crippen LogP contribution in [0.3, 0.4) is 0 Å². The first-order chi connectivity index (χ1) is 8.08. The molecule has 0 radical (unpaired) electrons. The third kappa shape index (κ3) is 2.75. The van der Waals surface area contributed by atoms with Crippen molar-refractivity contribution in [2.45, 2.75) is 26.8 Å². The van der Waals surface area contributed by atoms with Crippen LogP contribution in [0.4, 0.5) is 10.1 Å². The highest BCUT2D eigenvalue weighted by atomic mass is 19.1. The number of halogens is 1. The van der Waals surface area contributed by atoms with Crippen molar-refractivity contribution in [3.63, 3.8) is 0 Å². The van der Waals surface area contributed by atoms with E-state index in [2.05, 4.69) is 28.6 Å². The highest BCUT2D eigenvalue weighted by Gasteiger charge is 2.19. The van der Waals surface area contributed by atoms with E-state index in [1.54, 1.807) is 19.2 Å². The zero-order valence-corrected chi connectivity index (χ0v) is 10.8. The van der Waals surface area contributed by atoms with E-state index in [-0.39, 0.29) is 5.82 Å². The number of rotatable bonds is 2. The van der Waals surface area contributed by atoms with Crippen LogP contribution in [0.1, 0.15) is 19.5 Å². The molecule has 1 fully saturated rings. The molecular weight excluding hydrogens is 217 g/mol. The maximum absolute atomic E-state index is 13.4. The van der Waals surface area contributed by atoms with E-state index in [9.17, 15) is 4.39 Å². The fourth-order valence-corrected chi connectivity index (χ4v) is 2.17. The SMILES string of the molecule is Cc1ncc(N2CCN(C(C)C)CC2)cc1F. The van der Waals surface area contributed by atoms with Crippen LogP contribution in [-0.4, -0.2) is 42.1 Å². The molecule has 1 aromatic heterocycles. The van der Waals surface area contributed by atoms with Crippen molar-refractivity contribution in [3.8, 4) is 0 Å². The predicted octanol–water partition coefficient (Wildman–Crippen LogP) is 2.06. The molecule has 0 aromatic carbocycles. The molecule has 0 unspecified atom stereocenters. The van der Waals surface area contributed by atoms with Gasteiger partial charge in [0.15, 0.2) is 0 Å². The Morgan fingerprint density at radius 2 is 1.88 bits per heavy atom. The van der Waals surface area contributed by atoms with Gasteiger partial charge in [0.25, 0.3) is 0 Å². The lowest BCUT2D eigenvalue weighted by atomic mass is 10.2. The van der Waals surface area contributed by atoms with Crippen molar-refractivity contribution in [1.29, 1.82) is 0 Å². The summed E-state index contributed by atoms with van der Waals surface area (Å²) < 4.78 is 13.4. The number of hydrogen-bond acceptors (Lipinski definition) is 3. The molecule has 1 aliphatic heterocycles. The van der Waals surface area contributed by atoms with Crippen molar-refractivity contribution >= 4 is 5.69 Å². The minimum Gasteiger partial charge on any atom is -0.368 e. The Labute approximate surface area is 102 Å². The van der Waals surface area contributed by atoms with Crippen LogP contribution < -0.4 is 4.90 Å². The largest absolute Gasteiger partial charge is 0.368 e. The van der Waals surface area contributed by atoms with Gasteiger partial charge in [0.2, 0.25) is 0 Å². The molecule has 4 heteroatoms. The summed E-state index contributed by atoms with van der Waals surface area (Å²) in [6, 6.07) is 2.18. The van der Waals surface area contributed by atoms with Gasteiger partial charge in [0.05, 0.1) is 17.6 Å². The van der Waals surface area contributed by atoms with Crippen molar-refractivity contribution in [2.75, 3.05) is 31.1 Å². The molecule has 1 aliphatic rings. The number of nitrogens with zero attached hydrogens (tertiary/aromatic N) is 3. The Bertz CT molecular complexity index is 384. The fraction of sp³-hybridized carbons (Fsp3) is 0.615. The summed E-state index contributed by atoms with van der Waals surface area (Å²) in [4.78, 5) is 8.72. The molecule has 0 saturated carbocycles. The molecule has 0 amide bonds. The topological polar surface area (TPSA) is 19.4 Å². The second-order valence-electron chi connectivity index (χ2n) is 4.88. The number of piperazine rings is 1. The van der Waals surface area contributed by atoms with Crippen LogP contribution in [0.2, 0.25) is 0 Å². The van der Waals surface area contributed by atoms with Crippen LogP contribution in [0.15, 0.2) is 12.3 Å². The normalized spacial score (nSPS) is 17.8. The molecule has 3 nitrogen and oxygen atoms in total. The number of anilines is 1. The second kappa shape index (κ2) is 5.00. The van der Waals surface area contributed by atoms with Crippen LogP contribution >= 0.6 is 0 Å². The van der Waals surface area contributed by atoms with Crippen LogP contribution in [0.5, 0.6) is 0 Å². The maximum Gasteiger partial charge on any atom is 0.146 e. The molecule has 2 heterocycles. The van der Waals surface area contributed by atoms with E-state index in [1.165, 1.54) is 0 Å². The first kappa shape index (κ1) is 12.3. The molecule has 1 saturated heterocycles. The van der Waals surface area contributed by atoms with Crippen molar-refractivity contribution in [1.82, 2.24) is 9.88 Å². The summed E-state index contributed by atoms with van der Waals surface area (Å²) in [6.07, 6.45) is 1.77. The summed E-state index contributed by atoms with van der Waals surface area (Å²) in [6.45, 7) is 10.1. The lowest BCUT2D eigenvalue weighted by Crippen LogP contribution is -2.48. The molecule has 2 rings (SSSR count). The standard InChI is InChI=1S/C13H20FN3/c1-10(2)16-4-6-17(7-5-16)12-8-13(14)11(3)15-9-12/h8-10H,4-7H2,1-3H3. The summed E-state index contributed by atoms with van der Waals surface area (Å²) >= 11 is 0. The van der Waals surface area contributed by atoms with E-state index in [0.717, 1.165) is 31.9 Å². The van der Waals surface area contributed by atoms with Crippen molar-refractivity contribution < 1.29 is 4.39 Å². The number of aromatic nitrogens is 1. The second-order valence-corrected chi connectivity index (χ2v) is 4.88. The van der Waals surface area contributed by atoms with Crippen molar-refractivity contribution in [3.05, 3.63) is 23.8 Å². The first-order valence-corrected chi connectivity index (χ1v) is 6.19. The van der Waals surface area contributed by atoms with Gasteiger partial charge in [-0.15, -0.1) is 0 Å². The van der Waals surface area contributed by atoms with E-state index in [4.69, 9.17) is 0 Å².